The Hall–Kier alpha value is -0.380. The van der Waals surface area contributed by atoms with E-state index in [0.29, 0.717) is 11.6 Å². The van der Waals surface area contributed by atoms with Crippen molar-refractivity contribution in [2.24, 2.45) is 5.92 Å². The van der Waals surface area contributed by atoms with E-state index in [0.717, 1.165) is 12.5 Å². The fourth-order valence-corrected chi connectivity index (χ4v) is 4.66. The molecule has 1 unspecified atom stereocenters. The van der Waals surface area contributed by atoms with Crippen molar-refractivity contribution in [1.82, 2.24) is 10.2 Å². The van der Waals surface area contributed by atoms with E-state index in [4.69, 9.17) is 0 Å². The summed E-state index contributed by atoms with van der Waals surface area (Å²) in [5, 5.41) is 8.44. The smallest absolute Gasteiger partial charge is 0.0309 e. The molecule has 2 aliphatic rings. The zero-order chi connectivity index (χ0) is 14.0. The van der Waals surface area contributed by atoms with Crippen LogP contribution in [-0.4, -0.2) is 29.6 Å². The first-order chi connectivity index (χ1) is 9.67. The number of thiophene rings is 1. The summed E-state index contributed by atoms with van der Waals surface area (Å²) in [4.78, 5) is 2.77. The summed E-state index contributed by atoms with van der Waals surface area (Å²) in [6, 6.07) is 3.00. The van der Waals surface area contributed by atoms with Crippen molar-refractivity contribution in [2.75, 3.05) is 13.1 Å². The van der Waals surface area contributed by atoms with Gasteiger partial charge in [-0.05, 0) is 47.6 Å². The minimum atomic E-state index is 0.434. The molecule has 20 heavy (non-hydrogen) atoms. The van der Waals surface area contributed by atoms with Crippen LogP contribution in [0.1, 0.15) is 51.5 Å². The summed E-state index contributed by atoms with van der Waals surface area (Å²) in [6.45, 7) is 8.28. The predicted octanol–water partition coefficient (Wildman–Crippen LogP) is 3.88. The van der Waals surface area contributed by atoms with Crippen molar-refractivity contribution >= 4 is 11.3 Å². The lowest BCUT2D eigenvalue weighted by Crippen LogP contribution is -2.62. The fraction of sp³-hybridized carbons (Fsp3) is 0.765. The lowest BCUT2D eigenvalue weighted by atomic mass is 9.89. The Morgan fingerprint density at radius 1 is 1.40 bits per heavy atom. The quantitative estimate of drug-likeness (QED) is 0.906. The highest BCUT2D eigenvalue weighted by Crippen LogP contribution is 2.34. The Labute approximate surface area is 127 Å². The normalized spacial score (nSPS) is 26.6. The molecule has 0 aromatic carbocycles. The first-order valence-corrected chi connectivity index (χ1v) is 9.11. The Morgan fingerprint density at radius 3 is 2.85 bits per heavy atom. The third kappa shape index (κ3) is 3.26. The van der Waals surface area contributed by atoms with Crippen LogP contribution in [0.25, 0.3) is 0 Å². The SMILES string of the molecule is CC(C)CC1CNC2(CCCC2)CN1Cc1ccsc1. The largest absolute Gasteiger partial charge is 0.308 e. The van der Waals surface area contributed by atoms with Crippen LogP contribution in [0, 0.1) is 5.92 Å². The lowest BCUT2D eigenvalue weighted by Gasteiger charge is -2.47. The molecule has 3 heteroatoms. The maximum Gasteiger partial charge on any atom is 0.0309 e. The molecule has 1 aliphatic heterocycles. The topological polar surface area (TPSA) is 15.3 Å². The molecule has 0 amide bonds. The second-order valence-electron chi connectivity index (χ2n) is 7.19. The summed E-state index contributed by atoms with van der Waals surface area (Å²) < 4.78 is 0. The van der Waals surface area contributed by atoms with E-state index in [1.165, 1.54) is 50.8 Å². The molecule has 1 aromatic rings. The molecule has 2 fully saturated rings. The van der Waals surface area contributed by atoms with Crippen LogP contribution in [0.4, 0.5) is 0 Å². The standard InChI is InChI=1S/C17H28N2S/c1-14(2)9-16-10-18-17(6-3-4-7-17)13-19(16)11-15-5-8-20-12-15/h5,8,12,14,16,18H,3-4,6-7,9-11,13H2,1-2H3. The van der Waals surface area contributed by atoms with Gasteiger partial charge in [-0.2, -0.15) is 11.3 Å². The lowest BCUT2D eigenvalue weighted by molar-refractivity contribution is 0.0631. The van der Waals surface area contributed by atoms with Gasteiger partial charge >= 0.3 is 0 Å². The van der Waals surface area contributed by atoms with Gasteiger partial charge in [0.1, 0.15) is 0 Å². The molecular formula is C17H28N2S. The summed E-state index contributed by atoms with van der Waals surface area (Å²) in [7, 11) is 0. The van der Waals surface area contributed by atoms with Crippen molar-refractivity contribution in [3.8, 4) is 0 Å². The van der Waals surface area contributed by atoms with Crippen molar-refractivity contribution in [2.45, 2.75) is 64.1 Å². The van der Waals surface area contributed by atoms with E-state index < -0.39 is 0 Å². The number of piperazine rings is 1. The number of rotatable bonds is 4. The van der Waals surface area contributed by atoms with Crippen LogP contribution in [0.15, 0.2) is 16.8 Å². The Balaban J connectivity index is 1.71. The second-order valence-corrected chi connectivity index (χ2v) is 7.97. The van der Waals surface area contributed by atoms with E-state index >= 15 is 0 Å². The van der Waals surface area contributed by atoms with Gasteiger partial charge in [0.2, 0.25) is 0 Å². The highest BCUT2D eigenvalue weighted by molar-refractivity contribution is 7.07. The van der Waals surface area contributed by atoms with Crippen LogP contribution in [0.5, 0.6) is 0 Å². The van der Waals surface area contributed by atoms with E-state index in [1.54, 1.807) is 0 Å². The van der Waals surface area contributed by atoms with Crippen LogP contribution >= 0.6 is 11.3 Å². The third-order valence-corrected chi connectivity index (χ3v) is 5.74. The van der Waals surface area contributed by atoms with Gasteiger partial charge in [-0.3, -0.25) is 4.90 Å². The van der Waals surface area contributed by atoms with Crippen molar-refractivity contribution in [3.05, 3.63) is 22.4 Å². The minimum Gasteiger partial charge on any atom is -0.308 e. The Bertz CT molecular complexity index is 407. The van der Waals surface area contributed by atoms with Crippen LogP contribution < -0.4 is 5.32 Å². The van der Waals surface area contributed by atoms with Gasteiger partial charge in [-0.15, -0.1) is 0 Å². The molecule has 1 atom stereocenters. The monoisotopic (exact) mass is 292 g/mol. The molecule has 0 radical (unpaired) electrons. The van der Waals surface area contributed by atoms with Gasteiger partial charge in [-0.1, -0.05) is 26.7 Å². The summed E-state index contributed by atoms with van der Waals surface area (Å²) in [5.74, 6) is 0.782. The third-order valence-electron chi connectivity index (χ3n) is 5.00. The van der Waals surface area contributed by atoms with E-state index in [1.807, 2.05) is 11.3 Å². The van der Waals surface area contributed by atoms with Crippen LogP contribution in [-0.2, 0) is 6.54 Å². The molecule has 1 saturated carbocycles. The molecule has 1 N–H and O–H groups in total. The highest BCUT2D eigenvalue weighted by atomic mass is 32.1. The van der Waals surface area contributed by atoms with Crippen molar-refractivity contribution < 1.29 is 0 Å². The fourth-order valence-electron chi connectivity index (χ4n) is 4.00. The number of nitrogens with zero attached hydrogens (tertiary/aromatic N) is 1. The zero-order valence-corrected chi connectivity index (χ0v) is 13.7. The number of nitrogens with one attached hydrogen (secondary N) is 1. The van der Waals surface area contributed by atoms with Gasteiger partial charge in [0, 0.05) is 31.2 Å². The van der Waals surface area contributed by atoms with Gasteiger partial charge in [0.05, 0.1) is 0 Å². The molecule has 2 nitrogen and oxygen atoms in total. The highest BCUT2D eigenvalue weighted by Gasteiger charge is 2.40. The minimum absolute atomic E-state index is 0.434. The Morgan fingerprint density at radius 2 is 2.20 bits per heavy atom. The van der Waals surface area contributed by atoms with Gasteiger partial charge in [0.25, 0.3) is 0 Å². The molecule has 1 aliphatic carbocycles. The summed E-state index contributed by atoms with van der Waals surface area (Å²) in [5.41, 5.74) is 1.93. The molecular weight excluding hydrogens is 264 g/mol. The molecule has 3 rings (SSSR count). The maximum atomic E-state index is 3.92. The van der Waals surface area contributed by atoms with Crippen LogP contribution in [0.3, 0.4) is 0 Å². The molecule has 2 heterocycles. The Kier molecular flexibility index (Phi) is 4.49. The summed E-state index contributed by atoms with van der Waals surface area (Å²) >= 11 is 1.82. The molecule has 112 valence electrons. The van der Waals surface area contributed by atoms with Crippen molar-refractivity contribution in [1.29, 1.82) is 0 Å². The van der Waals surface area contributed by atoms with Gasteiger partial charge < -0.3 is 5.32 Å². The first-order valence-electron chi connectivity index (χ1n) is 8.17. The van der Waals surface area contributed by atoms with Gasteiger partial charge in [0.15, 0.2) is 0 Å². The van der Waals surface area contributed by atoms with E-state index in [-0.39, 0.29) is 0 Å². The summed E-state index contributed by atoms with van der Waals surface area (Å²) in [6.07, 6.45) is 6.89. The zero-order valence-electron chi connectivity index (χ0n) is 12.9. The van der Waals surface area contributed by atoms with Crippen molar-refractivity contribution in [3.63, 3.8) is 0 Å². The predicted molar refractivity (Wildman–Crippen MR) is 87.2 cm³/mol. The van der Waals surface area contributed by atoms with E-state index in [9.17, 15) is 0 Å². The van der Waals surface area contributed by atoms with Gasteiger partial charge in [-0.25, -0.2) is 0 Å². The number of hydrogen-bond acceptors (Lipinski definition) is 3. The van der Waals surface area contributed by atoms with Crippen LogP contribution in [0.2, 0.25) is 0 Å². The molecule has 0 bridgehead atoms. The first kappa shape index (κ1) is 14.6. The second kappa shape index (κ2) is 6.17. The molecule has 1 spiro atoms. The maximum absolute atomic E-state index is 3.92. The molecule has 1 aromatic heterocycles. The molecule has 1 saturated heterocycles. The average molecular weight is 292 g/mol. The average Bonchev–Trinajstić information content (AvgIpc) is 3.05. The number of hydrogen-bond donors (Lipinski definition) is 1. The van der Waals surface area contributed by atoms with E-state index in [2.05, 4.69) is 40.9 Å².